The predicted molar refractivity (Wildman–Crippen MR) is 228 cm³/mol. The minimum Gasteiger partial charge on any atom is -0.366 e. The number of primary amides is 1. The fraction of sp³-hybridized carbons (Fsp3) is 0.184. The van der Waals surface area contributed by atoms with E-state index < -0.39 is 201 Å². The van der Waals surface area contributed by atoms with Gasteiger partial charge < -0.3 is 5.73 Å². The third-order valence-electron chi connectivity index (χ3n) is 11.8. The number of hydrogen-bond acceptors (Lipinski definition) is 1. The number of hydrogen-bond donors (Lipinski definition) is 1. The van der Waals surface area contributed by atoms with Gasteiger partial charge in [-0.3, -0.25) is 4.79 Å². The maximum atomic E-state index is 14.2. The van der Waals surface area contributed by atoms with Crippen LogP contribution in [-0.4, -0.2) is 12.1 Å². The normalized spacial score (nSPS) is 13.4. The Kier molecular flexibility index (Phi) is 15.4. The van der Waals surface area contributed by atoms with Crippen LogP contribution in [0.1, 0.15) is 60.4 Å². The van der Waals surface area contributed by atoms with E-state index in [1.165, 1.54) is 5.56 Å². The number of fused-ring (bicyclic) bond motifs is 1. The summed E-state index contributed by atoms with van der Waals surface area (Å²) in [6.45, 7) is 0.800. The van der Waals surface area contributed by atoms with Crippen LogP contribution in [0.2, 0.25) is 0 Å². The first-order valence-electron chi connectivity index (χ1n) is 21.1. The average molecular weight is 1130 g/mol. The fourth-order valence-electron chi connectivity index (χ4n) is 8.42. The molecule has 410 valence electrons. The van der Waals surface area contributed by atoms with Crippen LogP contribution in [0, 0.1) is 0 Å². The van der Waals surface area contributed by atoms with Crippen LogP contribution in [0.25, 0.3) is 10.9 Å². The molecule has 0 aliphatic heterocycles. The number of carbonyl (C=O) groups excluding carboxylic acids is 1. The van der Waals surface area contributed by atoms with Crippen LogP contribution in [0.3, 0.4) is 0 Å². The lowest BCUT2D eigenvalue weighted by atomic mass is 9.12. The smallest absolute Gasteiger partial charge is 0.366 e. The summed E-state index contributed by atoms with van der Waals surface area (Å²) in [5.41, 5.74) is -22.0. The first kappa shape index (κ1) is 58.8. The van der Waals surface area contributed by atoms with Crippen molar-refractivity contribution in [1.82, 2.24) is 0 Å². The van der Waals surface area contributed by atoms with Crippen LogP contribution in [0.15, 0.2) is 140 Å². The number of nitrogens with two attached hydrogens (primary N) is 1. The molecule has 0 fully saturated rings. The Morgan fingerprint density at radius 2 is 0.649 bits per heavy atom. The van der Waals surface area contributed by atoms with E-state index in [9.17, 15) is 110 Å². The van der Waals surface area contributed by atoms with E-state index in [0.717, 1.165) is 17.4 Å². The van der Waals surface area contributed by atoms with Crippen LogP contribution >= 0.6 is 0 Å². The number of benzene rings is 6. The summed E-state index contributed by atoms with van der Waals surface area (Å²) in [5.74, 6) is -0.398. The van der Waals surface area contributed by atoms with Gasteiger partial charge in [0.1, 0.15) is 6.15 Å². The van der Waals surface area contributed by atoms with E-state index in [4.69, 9.17) is 5.73 Å². The Bertz CT molecular complexity index is 2870. The maximum Gasteiger partial charge on any atom is 0.416 e. The number of alkyl halides is 24. The summed E-state index contributed by atoms with van der Waals surface area (Å²) in [6, 6.07) is 11.0. The Morgan fingerprint density at radius 1 is 0.364 bits per heavy atom. The highest BCUT2D eigenvalue weighted by Gasteiger charge is 2.47. The van der Waals surface area contributed by atoms with Crippen molar-refractivity contribution in [2.75, 3.05) is 0 Å². The van der Waals surface area contributed by atoms with Gasteiger partial charge in [0, 0.05) is 28.6 Å². The lowest BCUT2D eigenvalue weighted by Gasteiger charge is -2.46. The molecule has 0 saturated heterocycles. The molecule has 0 atom stereocenters. The van der Waals surface area contributed by atoms with Gasteiger partial charge in [0.25, 0.3) is 0 Å². The predicted octanol–water partition coefficient (Wildman–Crippen LogP) is 13.5. The lowest BCUT2D eigenvalue weighted by Crippen LogP contribution is -2.75. The molecule has 0 aliphatic rings. The van der Waals surface area contributed by atoms with Crippen LogP contribution in [0.4, 0.5) is 105 Å². The minimum atomic E-state index is -6.13. The van der Waals surface area contributed by atoms with Gasteiger partial charge in [0.15, 0.2) is 12.7 Å². The van der Waals surface area contributed by atoms with Crippen molar-refractivity contribution in [2.24, 2.45) is 5.73 Å². The summed E-state index contributed by atoms with van der Waals surface area (Å²) < 4.78 is 343. The zero-order chi connectivity index (χ0) is 57.9. The molecule has 6 aromatic carbocycles. The monoisotopic (exact) mass is 1130 g/mol. The molecule has 77 heavy (non-hydrogen) atoms. The summed E-state index contributed by atoms with van der Waals surface area (Å²) in [4.78, 5) is 11.2. The quantitative estimate of drug-likeness (QED) is 0.0965. The van der Waals surface area contributed by atoms with Gasteiger partial charge in [-0.05, 0) is 42.5 Å². The number of pyridine rings is 1. The van der Waals surface area contributed by atoms with E-state index >= 15 is 0 Å². The fourth-order valence-corrected chi connectivity index (χ4v) is 8.42. The molecule has 0 radical (unpaired) electrons. The van der Waals surface area contributed by atoms with Crippen molar-refractivity contribution >= 4 is 44.8 Å². The van der Waals surface area contributed by atoms with Gasteiger partial charge in [0.05, 0.1) is 44.5 Å². The summed E-state index contributed by atoms with van der Waals surface area (Å²) in [6.07, 6.45) is -52.8. The molecule has 2 N–H and O–H groups in total. The first-order chi connectivity index (χ1) is 35.0. The molecule has 1 aromatic heterocycles. The Hall–Kier alpha value is -7.42. The first-order valence-corrected chi connectivity index (χ1v) is 21.1. The van der Waals surface area contributed by atoms with Crippen molar-refractivity contribution in [1.29, 1.82) is 0 Å². The van der Waals surface area contributed by atoms with E-state index in [1.54, 1.807) is 6.07 Å². The SMILES string of the molecule is FC(F)(F)c1cc([B-](c2cc(C(F)(F)F)cc(C(F)(F)F)c2)(c2cc(C(F)(F)F)cc(C(F)(F)F)c2)c2cc(C(F)(F)F)cc(C(F)(F)F)c2)cc(C(F)(F)F)c1.NC(=O)c1ccc2c(ccc[n+]2Cc2ccccc2)c1. The molecule has 7 rings (SSSR count). The number of carbonyl (C=O) groups is 1. The van der Waals surface area contributed by atoms with Gasteiger partial charge in [-0.2, -0.15) is 132 Å². The second kappa shape index (κ2) is 20.2. The molecule has 0 aliphatic carbocycles. The molecule has 0 bridgehead atoms. The van der Waals surface area contributed by atoms with Crippen molar-refractivity contribution in [2.45, 2.75) is 56.0 Å². The van der Waals surface area contributed by atoms with Gasteiger partial charge in [-0.25, -0.2) is 0 Å². The highest BCUT2D eigenvalue weighted by Crippen LogP contribution is 2.41. The minimum absolute atomic E-state index is 0.398. The largest absolute Gasteiger partial charge is 0.416 e. The van der Waals surface area contributed by atoms with Crippen LogP contribution in [0.5, 0.6) is 0 Å². The summed E-state index contributed by atoms with van der Waals surface area (Å²) >= 11 is 0. The number of halogens is 24. The molecular formula is C49H27BF24N2O. The third kappa shape index (κ3) is 13.2. The molecule has 0 saturated carbocycles. The Balaban J connectivity index is 0.000000397. The van der Waals surface area contributed by atoms with Gasteiger partial charge in [-0.15, -0.1) is 0 Å². The average Bonchev–Trinajstić information content (AvgIpc) is 3.30. The summed E-state index contributed by atoms with van der Waals surface area (Å²) in [5, 5.41) is 1.01. The second-order valence-electron chi connectivity index (χ2n) is 17.0. The maximum absolute atomic E-state index is 14.2. The standard InChI is InChI=1S/C32H12BF24.C17H14N2O/c34-25(35,36)13-1-14(26(37,38)39)6-21(5-13)33(22-7-15(27(40,41)42)2-16(8-22)28(43,44)45,23-9-17(29(46,47)48)3-18(10-23)30(49,50)51)24-11-19(31(52,53)54)4-20(12-24)32(55,56)57;18-17(20)15-8-9-16-14(11-15)7-4-10-19(16)12-13-5-2-1-3-6-13/h1-12H;1-11H,12H2,(H-,18,20)/q-1;/p+1. The Morgan fingerprint density at radius 3 is 0.909 bits per heavy atom. The number of amides is 1. The van der Waals surface area contributed by atoms with Gasteiger partial charge in [-0.1, -0.05) is 78.9 Å². The molecule has 3 nitrogen and oxygen atoms in total. The molecule has 0 spiro atoms. The zero-order valence-corrected chi connectivity index (χ0v) is 37.6. The van der Waals surface area contributed by atoms with E-state index in [0.29, 0.717) is 5.56 Å². The zero-order valence-electron chi connectivity index (χ0n) is 37.6. The molecule has 28 heteroatoms. The highest BCUT2D eigenvalue weighted by atomic mass is 19.4. The molecule has 1 amide bonds. The molecule has 7 aromatic rings. The number of aromatic nitrogens is 1. The second-order valence-corrected chi connectivity index (χ2v) is 17.0. The number of nitrogens with zero attached hydrogens (tertiary/aromatic N) is 1. The van der Waals surface area contributed by atoms with Crippen molar-refractivity contribution in [3.8, 4) is 0 Å². The molecule has 0 unspecified atom stereocenters. The molecule has 1 heterocycles. The van der Waals surface area contributed by atoms with Crippen LogP contribution < -0.4 is 32.2 Å². The third-order valence-corrected chi connectivity index (χ3v) is 11.8. The van der Waals surface area contributed by atoms with Crippen molar-refractivity contribution in [3.05, 3.63) is 195 Å². The lowest BCUT2D eigenvalue weighted by molar-refractivity contribution is -0.662. The van der Waals surface area contributed by atoms with E-state index in [-0.39, 0.29) is 0 Å². The van der Waals surface area contributed by atoms with Gasteiger partial charge >= 0.3 is 49.4 Å². The van der Waals surface area contributed by atoms with E-state index in [1.807, 2.05) is 48.7 Å². The molecular weight excluding hydrogens is 1100 g/mol. The highest BCUT2D eigenvalue weighted by molar-refractivity contribution is 7.20. The summed E-state index contributed by atoms with van der Waals surface area (Å²) in [7, 11) is 0. The topological polar surface area (TPSA) is 47.0 Å². The van der Waals surface area contributed by atoms with Crippen molar-refractivity contribution < 1.29 is 115 Å². The van der Waals surface area contributed by atoms with Crippen LogP contribution in [-0.2, 0) is 56.0 Å². The van der Waals surface area contributed by atoms with Gasteiger partial charge in [0.2, 0.25) is 11.4 Å². The van der Waals surface area contributed by atoms with Crippen molar-refractivity contribution in [3.63, 3.8) is 0 Å². The number of rotatable bonds is 7. The van der Waals surface area contributed by atoms with E-state index in [2.05, 4.69) is 16.7 Å². The Labute approximate surface area is 416 Å².